The zero-order valence-electron chi connectivity index (χ0n) is 46.0. The summed E-state index contributed by atoms with van der Waals surface area (Å²) in [5.41, 5.74) is 0. The molecule has 0 spiro atoms. The van der Waals surface area contributed by atoms with Gasteiger partial charge in [-0.1, -0.05) is 0 Å². The van der Waals surface area contributed by atoms with Crippen molar-refractivity contribution in [1.29, 1.82) is 0 Å². The van der Waals surface area contributed by atoms with Gasteiger partial charge in [0, 0.05) is 0 Å². The minimum absolute atomic E-state index is 0.0177. The molecule has 0 saturated heterocycles. The number of aliphatic hydroxyl groups excluding tert-OH is 2. The minimum atomic E-state index is 0.0177. The lowest BCUT2D eigenvalue weighted by Crippen LogP contribution is -2.16. The number of hydrogen-bond donors (Lipinski definition) is 2. The molecule has 0 unspecified atom stereocenters. The van der Waals surface area contributed by atoms with E-state index < -0.39 is 0 Å². The molecule has 0 heterocycles. The lowest BCUT2D eigenvalue weighted by Gasteiger charge is -2.09. The zero-order chi connectivity index (χ0) is 54.3. The molecule has 0 aromatic carbocycles. The molecule has 76 heavy (non-hydrogen) atoms. The van der Waals surface area contributed by atoms with Gasteiger partial charge in [-0.25, -0.2) is 0 Å². The van der Waals surface area contributed by atoms with Crippen molar-refractivity contribution < 1.29 is 124 Å². The summed E-state index contributed by atoms with van der Waals surface area (Å²) in [6.45, 7) is 23.1. The minimum Gasteiger partial charge on any atom is -0.394 e. The van der Waals surface area contributed by atoms with Gasteiger partial charge in [0.1, 0.15) is 0 Å². The third kappa shape index (κ3) is 73.0. The average Bonchev–Trinajstić information content (AvgIpc) is 3.43. The van der Waals surface area contributed by atoms with Crippen LogP contribution < -0.4 is 0 Å². The molecule has 458 valence electrons. The molecule has 0 bridgehead atoms. The van der Waals surface area contributed by atoms with Crippen molar-refractivity contribution in [2.45, 2.75) is 0 Å². The van der Waals surface area contributed by atoms with E-state index in [1.807, 2.05) is 0 Å². The Morgan fingerprint density at radius 3 is 0.197 bits per heavy atom. The molecule has 0 amide bonds. The van der Waals surface area contributed by atoms with Crippen molar-refractivity contribution >= 4 is 0 Å². The number of aliphatic hydroxyl groups is 2. The van der Waals surface area contributed by atoms with E-state index in [4.69, 9.17) is 124 Å². The summed E-state index contributed by atoms with van der Waals surface area (Å²) in [5, 5.41) is 17.2. The highest BCUT2D eigenvalue weighted by molar-refractivity contribution is 4.43. The third-order valence-corrected chi connectivity index (χ3v) is 9.03. The molecule has 26 nitrogen and oxygen atoms in total. The van der Waals surface area contributed by atoms with Crippen molar-refractivity contribution in [3.05, 3.63) is 0 Å². The molecular formula is C50H102O26. The van der Waals surface area contributed by atoms with E-state index in [1.54, 1.807) is 0 Å². The Bertz CT molecular complexity index is 915. The standard InChI is InChI=1S/C50H102O26/c51-1-3-53-5-7-55-9-11-57-13-15-59-17-19-61-21-23-63-25-27-65-29-31-67-33-35-69-37-39-71-41-43-73-45-47-75-49-50-76-48-46-74-44-42-72-40-38-70-36-34-68-32-30-66-28-26-64-24-22-62-20-18-60-16-14-58-12-10-56-8-6-54-4-2-52/h51-52H,1-50H2. The molecule has 0 rings (SSSR count). The maximum Gasteiger partial charge on any atom is 0.0701 e. The van der Waals surface area contributed by atoms with Crippen LogP contribution in [0.5, 0.6) is 0 Å². The number of hydrogen-bond acceptors (Lipinski definition) is 26. The van der Waals surface area contributed by atoms with Gasteiger partial charge < -0.3 is 124 Å². The Morgan fingerprint density at radius 2 is 0.145 bits per heavy atom. The molecule has 0 radical (unpaired) electrons. The molecule has 0 fully saturated rings. The van der Waals surface area contributed by atoms with Gasteiger partial charge in [-0.15, -0.1) is 0 Å². The van der Waals surface area contributed by atoms with Gasteiger partial charge in [-0.3, -0.25) is 0 Å². The fraction of sp³-hybridized carbons (Fsp3) is 1.00. The van der Waals surface area contributed by atoms with Crippen molar-refractivity contribution in [1.82, 2.24) is 0 Å². The number of rotatable bonds is 73. The lowest BCUT2D eigenvalue weighted by atomic mass is 10.6. The Kier molecular flexibility index (Phi) is 72.9. The van der Waals surface area contributed by atoms with E-state index in [-0.39, 0.29) is 13.2 Å². The Labute approximate surface area is 453 Å². The quantitative estimate of drug-likeness (QED) is 0.0719. The molecule has 0 atom stereocenters. The molecule has 0 saturated carbocycles. The Balaban J connectivity index is 3.07. The highest BCUT2D eigenvalue weighted by Crippen LogP contribution is 1.91. The topological polar surface area (TPSA) is 262 Å². The number of ether oxygens (including phenoxy) is 24. The van der Waals surface area contributed by atoms with Crippen LogP contribution in [0.4, 0.5) is 0 Å². The summed E-state index contributed by atoms with van der Waals surface area (Å²) in [5.74, 6) is 0. The summed E-state index contributed by atoms with van der Waals surface area (Å²) < 4.78 is 131. The van der Waals surface area contributed by atoms with Crippen molar-refractivity contribution in [3.63, 3.8) is 0 Å². The third-order valence-electron chi connectivity index (χ3n) is 9.03. The molecule has 26 heteroatoms. The fourth-order valence-electron chi connectivity index (χ4n) is 5.29. The van der Waals surface area contributed by atoms with Crippen LogP contribution in [0.2, 0.25) is 0 Å². The monoisotopic (exact) mass is 1120 g/mol. The van der Waals surface area contributed by atoms with Crippen LogP contribution in [0.15, 0.2) is 0 Å². The van der Waals surface area contributed by atoms with Gasteiger partial charge in [0.2, 0.25) is 0 Å². The van der Waals surface area contributed by atoms with Crippen molar-refractivity contribution in [2.75, 3.05) is 330 Å². The van der Waals surface area contributed by atoms with Crippen LogP contribution >= 0.6 is 0 Å². The average molecular weight is 1120 g/mol. The van der Waals surface area contributed by atoms with Crippen LogP contribution in [-0.2, 0) is 114 Å². The first-order valence-electron chi connectivity index (χ1n) is 27.0. The predicted octanol–water partition coefficient (Wildman–Crippen LogP) is -0.631. The summed E-state index contributed by atoms with van der Waals surface area (Å²) in [4.78, 5) is 0. The summed E-state index contributed by atoms with van der Waals surface area (Å²) in [6, 6.07) is 0. The summed E-state index contributed by atoms with van der Waals surface area (Å²) in [7, 11) is 0. The van der Waals surface area contributed by atoms with Crippen molar-refractivity contribution in [3.8, 4) is 0 Å². The molecule has 0 aliphatic carbocycles. The maximum atomic E-state index is 8.61. The molecular weight excluding hydrogens is 1020 g/mol. The summed E-state index contributed by atoms with van der Waals surface area (Å²) >= 11 is 0. The van der Waals surface area contributed by atoms with E-state index in [9.17, 15) is 0 Å². The second kappa shape index (κ2) is 74.0. The van der Waals surface area contributed by atoms with E-state index in [0.29, 0.717) is 317 Å². The second-order valence-corrected chi connectivity index (χ2v) is 15.1. The zero-order valence-corrected chi connectivity index (χ0v) is 46.0. The van der Waals surface area contributed by atoms with Gasteiger partial charge in [-0.2, -0.15) is 0 Å². The Hall–Kier alpha value is -1.04. The smallest absolute Gasteiger partial charge is 0.0701 e. The van der Waals surface area contributed by atoms with Gasteiger partial charge in [0.25, 0.3) is 0 Å². The maximum absolute atomic E-state index is 8.61. The van der Waals surface area contributed by atoms with E-state index >= 15 is 0 Å². The van der Waals surface area contributed by atoms with E-state index in [2.05, 4.69) is 0 Å². The van der Waals surface area contributed by atoms with Crippen molar-refractivity contribution in [2.24, 2.45) is 0 Å². The van der Waals surface area contributed by atoms with Crippen LogP contribution in [0.3, 0.4) is 0 Å². The lowest BCUT2D eigenvalue weighted by molar-refractivity contribution is -0.0320. The molecule has 0 aliphatic rings. The van der Waals surface area contributed by atoms with Crippen LogP contribution in [0.1, 0.15) is 0 Å². The van der Waals surface area contributed by atoms with Gasteiger partial charge in [0.15, 0.2) is 0 Å². The van der Waals surface area contributed by atoms with Gasteiger partial charge in [-0.05, 0) is 0 Å². The summed E-state index contributed by atoms with van der Waals surface area (Å²) in [6.07, 6.45) is 0. The highest BCUT2D eigenvalue weighted by Gasteiger charge is 2.00. The first-order valence-corrected chi connectivity index (χ1v) is 27.0. The van der Waals surface area contributed by atoms with Gasteiger partial charge in [0.05, 0.1) is 330 Å². The Morgan fingerprint density at radius 1 is 0.0921 bits per heavy atom. The van der Waals surface area contributed by atoms with Crippen LogP contribution in [0.25, 0.3) is 0 Å². The van der Waals surface area contributed by atoms with Gasteiger partial charge >= 0.3 is 0 Å². The largest absolute Gasteiger partial charge is 0.394 e. The van der Waals surface area contributed by atoms with Crippen LogP contribution in [0, 0.1) is 0 Å². The molecule has 0 aromatic rings. The van der Waals surface area contributed by atoms with E-state index in [0.717, 1.165) is 0 Å². The normalized spacial score (nSPS) is 11.8. The molecule has 0 aliphatic heterocycles. The van der Waals surface area contributed by atoms with Crippen LogP contribution in [-0.4, -0.2) is 341 Å². The SMILES string of the molecule is OCCOCCOCCOCCOCCOCCOCCOCCOCCOCCOCCOCCOCCOCCOCCOCCOCCOCCOCCOCCOCCOCCOCCOCCOCCO. The highest BCUT2D eigenvalue weighted by atomic mass is 16.6. The predicted molar refractivity (Wildman–Crippen MR) is 274 cm³/mol. The molecule has 0 aromatic heterocycles. The second-order valence-electron chi connectivity index (χ2n) is 15.1. The fourth-order valence-corrected chi connectivity index (χ4v) is 5.29. The first-order chi connectivity index (χ1) is 37.9. The van der Waals surface area contributed by atoms with E-state index in [1.165, 1.54) is 0 Å². The first kappa shape index (κ1) is 75.0. The molecule has 2 N–H and O–H groups in total.